The molecule has 1 saturated carbocycles. The highest BCUT2D eigenvalue weighted by Crippen LogP contribution is 2.34. The maximum Gasteiger partial charge on any atom is 0.409 e. The molecular formula is C16H29N3O2. The van der Waals surface area contributed by atoms with Gasteiger partial charge >= 0.3 is 6.09 Å². The van der Waals surface area contributed by atoms with Gasteiger partial charge in [-0.05, 0) is 45.2 Å². The Bertz CT molecular complexity index is 355. The first kappa shape index (κ1) is 16.3. The smallest absolute Gasteiger partial charge is 0.409 e. The molecule has 2 aliphatic rings. The van der Waals surface area contributed by atoms with Crippen LogP contribution in [0.3, 0.4) is 0 Å². The predicted octanol–water partition coefficient (Wildman–Crippen LogP) is 1.83. The molecule has 21 heavy (non-hydrogen) atoms. The number of nitrogens with zero attached hydrogens (tertiary/aromatic N) is 2. The molecule has 0 aromatic rings. The minimum Gasteiger partial charge on any atom is -0.453 e. The van der Waals surface area contributed by atoms with Crippen molar-refractivity contribution in [2.24, 2.45) is 11.7 Å². The molecule has 0 radical (unpaired) electrons. The van der Waals surface area contributed by atoms with Crippen molar-refractivity contribution in [3.05, 3.63) is 12.7 Å². The van der Waals surface area contributed by atoms with Gasteiger partial charge in [-0.25, -0.2) is 4.79 Å². The third-order valence-electron chi connectivity index (χ3n) is 4.95. The average molecular weight is 295 g/mol. The maximum absolute atomic E-state index is 12.1. The first-order chi connectivity index (χ1) is 10.2. The van der Waals surface area contributed by atoms with Crippen LogP contribution in [0.1, 0.15) is 32.1 Å². The van der Waals surface area contributed by atoms with Gasteiger partial charge in [0.25, 0.3) is 0 Å². The largest absolute Gasteiger partial charge is 0.453 e. The summed E-state index contributed by atoms with van der Waals surface area (Å²) in [5.74, 6) is 0.308. The number of methoxy groups -OCH3 is 1. The van der Waals surface area contributed by atoms with Crippen LogP contribution in [-0.4, -0.2) is 61.3 Å². The molecule has 0 aromatic carbocycles. The molecule has 5 heteroatoms. The Kier molecular flexibility index (Phi) is 6.06. The summed E-state index contributed by atoms with van der Waals surface area (Å²) in [6.45, 7) is 7.41. The number of amides is 1. The van der Waals surface area contributed by atoms with E-state index in [1.165, 1.54) is 39.5 Å². The number of carbonyl (C=O) groups excluding carboxylic acids is 1. The van der Waals surface area contributed by atoms with E-state index >= 15 is 0 Å². The fourth-order valence-corrected chi connectivity index (χ4v) is 4.00. The van der Waals surface area contributed by atoms with Crippen LogP contribution in [0.2, 0.25) is 0 Å². The standard InChI is InChI=1S/C16H29N3O2/c1-3-13-14(18-10-4-5-11-18)7-6-8-15(13)19(12-9-17)16(20)21-2/h3,13-15H,1,4-12,17H2,2H3. The molecule has 2 rings (SSSR count). The van der Waals surface area contributed by atoms with Crippen LogP contribution in [-0.2, 0) is 4.74 Å². The van der Waals surface area contributed by atoms with Gasteiger partial charge in [0, 0.05) is 31.1 Å². The molecule has 0 bridgehead atoms. The summed E-state index contributed by atoms with van der Waals surface area (Å²) in [6.07, 6.45) is 7.71. The summed E-state index contributed by atoms with van der Waals surface area (Å²) in [7, 11) is 1.44. The predicted molar refractivity (Wildman–Crippen MR) is 84.1 cm³/mol. The Balaban J connectivity index is 2.15. The normalized spacial score (nSPS) is 30.1. The van der Waals surface area contributed by atoms with Crippen molar-refractivity contribution in [3.63, 3.8) is 0 Å². The maximum atomic E-state index is 12.1. The monoisotopic (exact) mass is 295 g/mol. The highest BCUT2D eigenvalue weighted by Gasteiger charge is 2.39. The van der Waals surface area contributed by atoms with Gasteiger partial charge in [0.15, 0.2) is 0 Å². The summed E-state index contributed by atoms with van der Waals surface area (Å²) in [5, 5.41) is 0. The zero-order chi connectivity index (χ0) is 15.2. The third-order valence-corrected chi connectivity index (χ3v) is 4.95. The summed E-state index contributed by atoms with van der Waals surface area (Å²) in [4.78, 5) is 16.5. The quantitative estimate of drug-likeness (QED) is 0.786. The number of carbonyl (C=O) groups is 1. The molecule has 3 unspecified atom stereocenters. The number of rotatable bonds is 5. The van der Waals surface area contributed by atoms with Gasteiger partial charge < -0.3 is 15.4 Å². The lowest BCUT2D eigenvalue weighted by molar-refractivity contribution is 0.0494. The fourth-order valence-electron chi connectivity index (χ4n) is 4.00. The second kappa shape index (κ2) is 7.80. The molecular weight excluding hydrogens is 266 g/mol. The molecule has 2 fully saturated rings. The highest BCUT2D eigenvalue weighted by molar-refractivity contribution is 5.68. The molecule has 1 aliphatic heterocycles. The number of nitrogens with two attached hydrogens (primary N) is 1. The van der Waals surface area contributed by atoms with Gasteiger partial charge in [-0.3, -0.25) is 4.90 Å². The topological polar surface area (TPSA) is 58.8 Å². The van der Waals surface area contributed by atoms with E-state index in [0.717, 1.165) is 12.8 Å². The zero-order valence-electron chi connectivity index (χ0n) is 13.2. The summed E-state index contributed by atoms with van der Waals surface area (Å²) < 4.78 is 4.96. The lowest BCUT2D eigenvalue weighted by atomic mass is 9.79. The van der Waals surface area contributed by atoms with E-state index in [9.17, 15) is 4.79 Å². The number of hydrogen-bond donors (Lipinski definition) is 1. The van der Waals surface area contributed by atoms with Crippen LogP contribution in [0.5, 0.6) is 0 Å². The molecule has 3 atom stereocenters. The van der Waals surface area contributed by atoms with Gasteiger partial charge in [-0.15, -0.1) is 6.58 Å². The minimum absolute atomic E-state index is 0.165. The van der Waals surface area contributed by atoms with Crippen molar-refractivity contribution in [2.75, 3.05) is 33.3 Å². The molecule has 1 amide bonds. The Morgan fingerprint density at radius 1 is 1.38 bits per heavy atom. The molecule has 1 saturated heterocycles. The van der Waals surface area contributed by atoms with Crippen LogP contribution in [0.15, 0.2) is 12.7 Å². The van der Waals surface area contributed by atoms with E-state index in [1.54, 1.807) is 0 Å². The van der Waals surface area contributed by atoms with Crippen molar-refractivity contribution < 1.29 is 9.53 Å². The van der Waals surface area contributed by atoms with Gasteiger partial charge in [-0.1, -0.05) is 6.08 Å². The SMILES string of the molecule is C=CC1C(N2CCCC2)CCCC1N(CCN)C(=O)OC. The van der Waals surface area contributed by atoms with E-state index in [-0.39, 0.29) is 12.1 Å². The van der Waals surface area contributed by atoms with Gasteiger partial charge in [0.05, 0.1) is 7.11 Å². The van der Waals surface area contributed by atoms with Crippen LogP contribution >= 0.6 is 0 Å². The van der Waals surface area contributed by atoms with E-state index in [4.69, 9.17) is 10.5 Å². The lowest BCUT2D eigenvalue weighted by Gasteiger charge is -2.45. The molecule has 5 nitrogen and oxygen atoms in total. The average Bonchev–Trinajstić information content (AvgIpc) is 3.05. The van der Waals surface area contributed by atoms with Crippen LogP contribution in [0.25, 0.3) is 0 Å². The van der Waals surface area contributed by atoms with Crippen molar-refractivity contribution in [1.29, 1.82) is 0 Å². The molecule has 1 heterocycles. The van der Waals surface area contributed by atoms with Gasteiger partial charge in [0.2, 0.25) is 0 Å². The summed E-state index contributed by atoms with van der Waals surface area (Å²) in [6, 6.07) is 0.673. The van der Waals surface area contributed by atoms with Crippen molar-refractivity contribution >= 4 is 6.09 Å². The number of likely N-dealkylation sites (tertiary alicyclic amines) is 1. The minimum atomic E-state index is -0.264. The first-order valence-electron chi connectivity index (χ1n) is 8.14. The Hall–Kier alpha value is -1.07. The summed E-state index contributed by atoms with van der Waals surface area (Å²) in [5.41, 5.74) is 5.69. The number of ether oxygens (including phenoxy) is 1. The first-order valence-corrected chi connectivity index (χ1v) is 8.14. The Morgan fingerprint density at radius 3 is 2.67 bits per heavy atom. The molecule has 0 aromatic heterocycles. The second-order valence-corrected chi connectivity index (χ2v) is 6.07. The Labute approximate surface area is 128 Å². The molecule has 1 aliphatic carbocycles. The molecule has 120 valence electrons. The van der Waals surface area contributed by atoms with E-state index < -0.39 is 0 Å². The third kappa shape index (κ3) is 3.58. The summed E-state index contributed by atoms with van der Waals surface area (Å²) >= 11 is 0. The number of hydrogen-bond acceptors (Lipinski definition) is 4. The van der Waals surface area contributed by atoms with Crippen molar-refractivity contribution in [2.45, 2.75) is 44.2 Å². The Morgan fingerprint density at radius 2 is 2.10 bits per heavy atom. The highest BCUT2D eigenvalue weighted by atomic mass is 16.5. The van der Waals surface area contributed by atoms with E-state index in [0.29, 0.717) is 25.0 Å². The van der Waals surface area contributed by atoms with Crippen LogP contribution in [0, 0.1) is 5.92 Å². The van der Waals surface area contributed by atoms with Crippen molar-refractivity contribution in [1.82, 2.24) is 9.80 Å². The van der Waals surface area contributed by atoms with E-state index in [1.807, 2.05) is 11.0 Å². The van der Waals surface area contributed by atoms with Crippen molar-refractivity contribution in [3.8, 4) is 0 Å². The zero-order valence-corrected chi connectivity index (χ0v) is 13.2. The van der Waals surface area contributed by atoms with E-state index in [2.05, 4.69) is 11.5 Å². The fraction of sp³-hybridized carbons (Fsp3) is 0.812. The van der Waals surface area contributed by atoms with Crippen LogP contribution < -0.4 is 5.73 Å². The molecule has 0 spiro atoms. The van der Waals surface area contributed by atoms with Gasteiger partial charge in [0.1, 0.15) is 0 Å². The van der Waals surface area contributed by atoms with Gasteiger partial charge in [-0.2, -0.15) is 0 Å². The lowest BCUT2D eigenvalue weighted by Crippen LogP contribution is -2.54. The van der Waals surface area contributed by atoms with Crippen LogP contribution in [0.4, 0.5) is 4.79 Å². The second-order valence-electron chi connectivity index (χ2n) is 6.07. The molecule has 2 N–H and O–H groups in total.